The van der Waals surface area contributed by atoms with Gasteiger partial charge in [-0.15, -0.1) is 0 Å². The smallest absolute Gasteiger partial charge is 0.222 e. The molecule has 1 aliphatic heterocycles. The summed E-state index contributed by atoms with van der Waals surface area (Å²) in [4.78, 5) is 27.9. The van der Waals surface area contributed by atoms with Crippen LogP contribution < -0.4 is 10.1 Å². The minimum absolute atomic E-state index is 0.00919. The lowest BCUT2D eigenvalue weighted by molar-refractivity contribution is -0.132. The van der Waals surface area contributed by atoms with Crippen molar-refractivity contribution in [3.8, 4) is 17.0 Å². The van der Waals surface area contributed by atoms with E-state index in [1.54, 1.807) is 43.8 Å². The third-order valence-corrected chi connectivity index (χ3v) is 5.56. The second-order valence-electron chi connectivity index (χ2n) is 7.74. The number of nitrogens with zero attached hydrogens (tertiary/aromatic N) is 4. The van der Waals surface area contributed by atoms with Crippen LogP contribution >= 0.6 is 0 Å². The summed E-state index contributed by atoms with van der Waals surface area (Å²) in [6, 6.07) is 9.79. The largest absolute Gasteiger partial charge is 0.496 e. The van der Waals surface area contributed by atoms with Crippen LogP contribution in [-0.2, 0) is 4.79 Å². The van der Waals surface area contributed by atoms with Crippen LogP contribution in [0.3, 0.4) is 0 Å². The lowest BCUT2D eigenvalue weighted by Gasteiger charge is -2.32. The van der Waals surface area contributed by atoms with E-state index in [4.69, 9.17) is 14.7 Å². The second-order valence-corrected chi connectivity index (χ2v) is 7.74. The first-order valence-electron chi connectivity index (χ1n) is 10.7. The van der Waals surface area contributed by atoms with E-state index in [0.717, 1.165) is 24.9 Å². The Morgan fingerprint density at radius 2 is 2.16 bits per heavy atom. The van der Waals surface area contributed by atoms with E-state index in [0.29, 0.717) is 41.7 Å². The van der Waals surface area contributed by atoms with Crippen molar-refractivity contribution in [1.29, 1.82) is 0 Å². The lowest BCUT2D eigenvalue weighted by Crippen LogP contribution is -2.39. The fourth-order valence-corrected chi connectivity index (χ4v) is 3.95. The predicted molar refractivity (Wildman–Crippen MR) is 120 cm³/mol. The molecule has 4 rings (SSSR count). The van der Waals surface area contributed by atoms with Gasteiger partial charge >= 0.3 is 0 Å². The molecule has 1 fully saturated rings. The van der Waals surface area contributed by atoms with Crippen molar-refractivity contribution in [3.63, 3.8) is 0 Å². The Morgan fingerprint density at radius 1 is 1.28 bits per heavy atom. The minimum Gasteiger partial charge on any atom is -0.496 e. The summed E-state index contributed by atoms with van der Waals surface area (Å²) >= 11 is 0. The Bertz CT molecular complexity index is 1110. The van der Waals surface area contributed by atoms with Gasteiger partial charge in [-0.1, -0.05) is 13.0 Å². The number of aromatic nitrogens is 3. The molecule has 8 heteroatoms. The number of anilines is 2. The van der Waals surface area contributed by atoms with Gasteiger partial charge < -0.3 is 15.0 Å². The van der Waals surface area contributed by atoms with Gasteiger partial charge in [0.1, 0.15) is 23.2 Å². The highest BCUT2D eigenvalue weighted by atomic mass is 19.1. The summed E-state index contributed by atoms with van der Waals surface area (Å²) < 4.78 is 19.2. The molecule has 1 atom stereocenters. The fraction of sp³-hybridized carbons (Fsp3) is 0.333. The number of carbonyl (C=O) groups excluding carboxylic acids is 1. The molecule has 7 nitrogen and oxygen atoms in total. The highest BCUT2D eigenvalue weighted by molar-refractivity contribution is 5.76. The number of amides is 1. The topological polar surface area (TPSA) is 80.2 Å². The van der Waals surface area contributed by atoms with E-state index in [2.05, 4.69) is 10.3 Å². The number of hydrogen-bond acceptors (Lipinski definition) is 6. The van der Waals surface area contributed by atoms with Gasteiger partial charge in [0, 0.05) is 49.6 Å². The molecule has 0 aliphatic carbocycles. The van der Waals surface area contributed by atoms with Gasteiger partial charge in [-0.25, -0.2) is 14.4 Å². The van der Waals surface area contributed by atoms with Gasteiger partial charge in [-0.2, -0.15) is 0 Å². The molecule has 166 valence electrons. The van der Waals surface area contributed by atoms with Gasteiger partial charge in [0.2, 0.25) is 5.91 Å². The molecular weight excluding hydrogens is 409 g/mol. The van der Waals surface area contributed by atoms with Crippen LogP contribution in [0.2, 0.25) is 0 Å². The summed E-state index contributed by atoms with van der Waals surface area (Å²) in [5, 5.41) is 3.18. The molecule has 2 aromatic heterocycles. The van der Waals surface area contributed by atoms with Crippen LogP contribution in [0.15, 0.2) is 48.8 Å². The molecule has 0 spiro atoms. The monoisotopic (exact) mass is 435 g/mol. The number of methoxy groups -OCH3 is 1. The SMILES string of the molecule is CCC(=O)N1CCCC(c2nc(Nc3cccc(F)c3)cc(-c3cnccc3OC)n2)C1. The number of halogens is 1. The molecule has 1 saturated heterocycles. The summed E-state index contributed by atoms with van der Waals surface area (Å²) in [6.07, 6.45) is 5.62. The molecule has 1 aliphatic rings. The lowest BCUT2D eigenvalue weighted by atomic mass is 9.96. The molecule has 1 unspecified atom stereocenters. The number of hydrogen-bond donors (Lipinski definition) is 1. The van der Waals surface area contributed by atoms with E-state index >= 15 is 0 Å². The number of pyridine rings is 1. The zero-order valence-corrected chi connectivity index (χ0v) is 18.2. The Balaban J connectivity index is 1.74. The third-order valence-electron chi connectivity index (χ3n) is 5.56. The number of likely N-dealkylation sites (tertiary alicyclic amines) is 1. The maximum atomic E-state index is 13.7. The second kappa shape index (κ2) is 9.72. The number of carbonyl (C=O) groups is 1. The minimum atomic E-state index is -0.334. The van der Waals surface area contributed by atoms with Crippen LogP contribution in [0.25, 0.3) is 11.3 Å². The fourth-order valence-electron chi connectivity index (χ4n) is 3.95. The zero-order valence-electron chi connectivity index (χ0n) is 18.2. The number of piperidine rings is 1. The summed E-state index contributed by atoms with van der Waals surface area (Å²) in [6.45, 7) is 3.21. The van der Waals surface area contributed by atoms with Gasteiger partial charge in [0.25, 0.3) is 0 Å². The van der Waals surface area contributed by atoms with Crippen molar-refractivity contribution in [2.45, 2.75) is 32.1 Å². The van der Waals surface area contributed by atoms with E-state index in [1.807, 2.05) is 11.8 Å². The van der Waals surface area contributed by atoms with Gasteiger partial charge in [-0.3, -0.25) is 9.78 Å². The van der Waals surface area contributed by atoms with E-state index < -0.39 is 0 Å². The maximum Gasteiger partial charge on any atom is 0.222 e. The molecular formula is C24H26FN5O2. The van der Waals surface area contributed by atoms with Crippen molar-refractivity contribution in [2.75, 3.05) is 25.5 Å². The average Bonchev–Trinajstić information content (AvgIpc) is 2.83. The Morgan fingerprint density at radius 3 is 2.94 bits per heavy atom. The molecule has 1 amide bonds. The standard InChI is InChI=1S/C24H26FN5O2/c1-3-23(31)30-11-5-6-16(15-30)24-28-20(19-14-26-10-9-21(19)32-2)13-22(29-24)27-18-8-4-7-17(25)12-18/h4,7-10,12-14,16H,3,5-6,11,15H2,1-2H3,(H,27,28,29). The highest BCUT2D eigenvalue weighted by Crippen LogP contribution is 2.32. The third kappa shape index (κ3) is 4.85. The molecule has 3 aromatic rings. The molecule has 0 saturated carbocycles. The van der Waals surface area contributed by atoms with Crippen molar-refractivity contribution < 1.29 is 13.9 Å². The molecule has 3 heterocycles. The average molecular weight is 436 g/mol. The Hall–Kier alpha value is -3.55. The Labute approximate surface area is 186 Å². The highest BCUT2D eigenvalue weighted by Gasteiger charge is 2.27. The normalized spacial score (nSPS) is 16.0. The molecule has 0 radical (unpaired) electrons. The number of nitrogens with one attached hydrogen (secondary N) is 1. The van der Waals surface area contributed by atoms with Crippen molar-refractivity contribution in [1.82, 2.24) is 19.9 Å². The summed E-state index contributed by atoms with van der Waals surface area (Å²) in [5.41, 5.74) is 1.97. The Kier molecular flexibility index (Phi) is 6.58. The van der Waals surface area contributed by atoms with Crippen LogP contribution in [0.1, 0.15) is 37.9 Å². The number of benzene rings is 1. The summed E-state index contributed by atoms with van der Waals surface area (Å²) in [7, 11) is 1.60. The number of rotatable bonds is 6. The predicted octanol–water partition coefficient (Wildman–Crippen LogP) is 4.55. The van der Waals surface area contributed by atoms with Crippen LogP contribution in [0.5, 0.6) is 5.75 Å². The maximum absolute atomic E-state index is 13.7. The first-order chi connectivity index (χ1) is 15.6. The zero-order chi connectivity index (χ0) is 22.5. The van der Waals surface area contributed by atoms with Crippen molar-refractivity contribution >= 4 is 17.4 Å². The van der Waals surface area contributed by atoms with Gasteiger partial charge in [0.15, 0.2) is 0 Å². The van der Waals surface area contributed by atoms with E-state index in [-0.39, 0.29) is 17.6 Å². The van der Waals surface area contributed by atoms with Crippen molar-refractivity contribution in [3.05, 3.63) is 60.4 Å². The summed E-state index contributed by atoms with van der Waals surface area (Å²) in [5.74, 6) is 1.64. The van der Waals surface area contributed by atoms with E-state index in [1.165, 1.54) is 12.1 Å². The van der Waals surface area contributed by atoms with Crippen molar-refractivity contribution in [2.24, 2.45) is 0 Å². The molecule has 1 N–H and O–H groups in total. The molecule has 32 heavy (non-hydrogen) atoms. The quantitative estimate of drug-likeness (QED) is 0.612. The van der Waals surface area contributed by atoms with Crippen LogP contribution in [0, 0.1) is 5.82 Å². The van der Waals surface area contributed by atoms with Gasteiger partial charge in [-0.05, 0) is 37.1 Å². The number of ether oxygens (including phenoxy) is 1. The first kappa shape index (κ1) is 21.7. The molecule has 0 bridgehead atoms. The van der Waals surface area contributed by atoms with Gasteiger partial charge in [0.05, 0.1) is 18.4 Å². The van der Waals surface area contributed by atoms with E-state index in [9.17, 15) is 9.18 Å². The molecule has 1 aromatic carbocycles. The van der Waals surface area contributed by atoms with Crippen LogP contribution in [0.4, 0.5) is 15.9 Å². The first-order valence-corrected chi connectivity index (χ1v) is 10.7. The van der Waals surface area contributed by atoms with Crippen LogP contribution in [-0.4, -0.2) is 46.0 Å².